The molecule has 1 aromatic carbocycles. The van der Waals surface area contributed by atoms with Crippen LogP contribution in [0.4, 0.5) is 5.95 Å². The van der Waals surface area contributed by atoms with Gasteiger partial charge in [-0.3, -0.25) is 10.1 Å². The highest BCUT2D eigenvalue weighted by Crippen LogP contribution is 2.13. The summed E-state index contributed by atoms with van der Waals surface area (Å²) < 4.78 is 0. The Kier molecular flexibility index (Phi) is 4.48. The average molecular weight is 255 g/mol. The number of nitrogens with two attached hydrogens (primary N) is 1. The number of aromatic nitrogens is 2. The minimum Gasteiger partial charge on any atom is -0.327 e. The smallest absolute Gasteiger partial charge is 0.228 e. The highest BCUT2D eigenvalue weighted by molar-refractivity contribution is 5.91. The molecule has 0 bridgehead atoms. The molecule has 4 N–H and O–H groups in total. The fourth-order valence-electron chi connectivity index (χ4n) is 1.49. The maximum atomic E-state index is 11.4. The molecule has 1 aromatic heterocycles. The largest absolute Gasteiger partial charge is 0.327 e. The van der Waals surface area contributed by atoms with Crippen LogP contribution in [-0.2, 0) is 4.79 Å². The van der Waals surface area contributed by atoms with Gasteiger partial charge in [-0.05, 0) is 19.1 Å². The zero-order valence-corrected chi connectivity index (χ0v) is 10.3. The summed E-state index contributed by atoms with van der Waals surface area (Å²) >= 11 is 0. The Bertz CT molecular complexity index is 476. The number of benzene rings is 1. The molecule has 0 saturated heterocycles. The molecule has 1 amide bonds. The van der Waals surface area contributed by atoms with Gasteiger partial charge in [0.15, 0.2) is 0 Å². The van der Waals surface area contributed by atoms with E-state index in [4.69, 9.17) is 5.73 Å². The normalized spacial score (nSPS) is 11.9. The zero-order chi connectivity index (χ0) is 11.5. The van der Waals surface area contributed by atoms with Crippen molar-refractivity contribution in [3.8, 4) is 0 Å². The molecule has 0 radical (unpaired) electrons. The summed E-state index contributed by atoms with van der Waals surface area (Å²) in [5.74, 6) is 0.334. The molecule has 5 nitrogen and oxygen atoms in total. The molecule has 2 aromatic rings. The molecular formula is C11H15ClN4O. The molecule has 1 heterocycles. The first kappa shape index (κ1) is 13.5. The number of nitrogens with zero attached hydrogens (tertiary/aromatic N) is 1. The summed E-state index contributed by atoms with van der Waals surface area (Å²) in [5, 5.41) is 2.68. The van der Waals surface area contributed by atoms with Crippen LogP contribution < -0.4 is 11.1 Å². The highest BCUT2D eigenvalue weighted by Gasteiger charge is 2.08. The number of halogens is 1. The van der Waals surface area contributed by atoms with Gasteiger partial charge >= 0.3 is 0 Å². The molecule has 0 aliphatic carbocycles. The third-order valence-electron chi connectivity index (χ3n) is 2.15. The lowest BCUT2D eigenvalue weighted by Gasteiger charge is -2.03. The first-order valence-corrected chi connectivity index (χ1v) is 5.15. The first-order chi connectivity index (χ1) is 7.65. The van der Waals surface area contributed by atoms with E-state index in [1.165, 1.54) is 0 Å². The van der Waals surface area contributed by atoms with E-state index in [2.05, 4.69) is 15.3 Å². The van der Waals surface area contributed by atoms with Crippen LogP contribution in [0.3, 0.4) is 0 Å². The Hall–Kier alpha value is -1.59. The van der Waals surface area contributed by atoms with Crippen LogP contribution in [0.1, 0.15) is 13.3 Å². The fourth-order valence-corrected chi connectivity index (χ4v) is 1.49. The Labute approximate surface area is 105 Å². The van der Waals surface area contributed by atoms with Crippen molar-refractivity contribution in [2.45, 2.75) is 19.4 Å². The maximum Gasteiger partial charge on any atom is 0.228 e. The minimum absolute atomic E-state index is 0. The van der Waals surface area contributed by atoms with E-state index < -0.39 is 0 Å². The summed E-state index contributed by atoms with van der Waals surface area (Å²) in [4.78, 5) is 18.7. The molecule has 6 heteroatoms. The number of amides is 1. The van der Waals surface area contributed by atoms with Gasteiger partial charge in [-0.1, -0.05) is 12.1 Å². The van der Waals surface area contributed by atoms with Gasteiger partial charge < -0.3 is 10.7 Å². The van der Waals surface area contributed by atoms with E-state index in [-0.39, 0.29) is 30.8 Å². The minimum atomic E-state index is -0.149. The molecule has 92 valence electrons. The van der Waals surface area contributed by atoms with Gasteiger partial charge in [0, 0.05) is 12.5 Å². The van der Waals surface area contributed by atoms with E-state index in [1.54, 1.807) is 6.92 Å². The summed E-state index contributed by atoms with van der Waals surface area (Å²) in [7, 11) is 0. The average Bonchev–Trinajstić information content (AvgIpc) is 2.57. The van der Waals surface area contributed by atoms with Crippen LogP contribution >= 0.6 is 12.4 Å². The van der Waals surface area contributed by atoms with Gasteiger partial charge in [-0.2, -0.15) is 0 Å². The SMILES string of the molecule is CC(N)CC(=O)Nc1nc2ccccc2[nH]1.Cl. The van der Waals surface area contributed by atoms with Gasteiger partial charge in [-0.25, -0.2) is 4.98 Å². The summed E-state index contributed by atoms with van der Waals surface area (Å²) in [5.41, 5.74) is 7.26. The second-order valence-electron chi connectivity index (χ2n) is 3.83. The molecule has 0 aliphatic heterocycles. The Morgan fingerprint density at radius 2 is 2.24 bits per heavy atom. The van der Waals surface area contributed by atoms with Gasteiger partial charge in [0.2, 0.25) is 11.9 Å². The molecule has 0 spiro atoms. The van der Waals surface area contributed by atoms with Crippen molar-refractivity contribution in [3.05, 3.63) is 24.3 Å². The number of para-hydroxylation sites is 2. The number of nitrogens with one attached hydrogen (secondary N) is 2. The Balaban J connectivity index is 0.00000144. The summed E-state index contributed by atoms with van der Waals surface area (Å²) in [6.45, 7) is 1.79. The van der Waals surface area contributed by atoms with Crippen LogP contribution in [0.2, 0.25) is 0 Å². The number of rotatable bonds is 3. The zero-order valence-electron chi connectivity index (χ0n) is 9.43. The lowest BCUT2D eigenvalue weighted by molar-refractivity contribution is -0.116. The number of H-pyrrole nitrogens is 1. The van der Waals surface area contributed by atoms with Crippen LogP contribution in [0.5, 0.6) is 0 Å². The van der Waals surface area contributed by atoms with Gasteiger partial charge in [0.1, 0.15) is 0 Å². The number of fused-ring (bicyclic) bond motifs is 1. The number of carbonyl (C=O) groups excluding carboxylic acids is 1. The predicted octanol–water partition coefficient (Wildman–Crippen LogP) is 1.66. The quantitative estimate of drug-likeness (QED) is 0.779. The van der Waals surface area contributed by atoms with E-state index in [9.17, 15) is 4.79 Å². The number of hydrogen-bond acceptors (Lipinski definition) is 3. The molecule has 1 unspecified atom stereocenters. The Morgan fingerprint density at radius 1 is 1.53 bits per heavy atom. The Morgan fingerprint density at radius 3 is 2.88 bits per heavy atom. The third-order valence-corrected chi connectivity index (χ3v) is 2.15. The van der Waals surface area contributed by atoms with Gasteiger partial charge in [0.05, 0.1) is 11.0 Å². The van der Waals surface area contributed by atoms with Crippen molar-refractivity contribution >= 4 is 35.3 Å². The van der Waals surface area contributed by atoms with Crippen LogP contribution in [0, 0.1) is 0 Å². The van der Waals surface area contributed by atoms with Crippen molar-refractivity contribution in [1.82, 2.24) is 9.97 Å². The van der Waals surface area contributed by atoms with Crippen molar-refractivity contribution in [2.24, 2.45) is 5.73 Å². The standard InChI is InChI=1S/C11H14N4O.ClH/c1-7(12)6-10(16)15-11-13-8-4-2-3-5-9(8)14-11;/h2-5,7H,6,12H2,1H3,(H2,13,14,15,16);1H. The molecule has 2 rings (SSSR count). The highest BCUT2D eigenvalue weighted by atomic mass is 35.5. The molecule has 17 heavy (non-hydrogen) atoms. The number of hydrogen-bond donors (Lipinski definition) is 3. The second-order valence-corrected chi connectivity index (χ2v) is 3.83. The van der Waals surface area contributed by atoms with E-state index >= 15 is 0 Å². The number of anilines is 1. The number of imidazole rings is 1. The van der Waals surface area contributed by atoms with Gasteiger partial charge in [-0.15, -0.1) is 12.4 Å². The second kappa shape index (κ2) is 5.65. The van der Waals surface area contributed by atoms with E-state index in [0.29, 0.717) is 5.95 Å². The van der Waals surface area contributed by atoms with E-state index in [1.807, 2.05) is 24.3 Å². The first-order valence-electron chi connectivity index (χ1n) is 5.15. The van der Waals surface area contributed by atoms with Crippen molar-refractivity contribution in [3.63, 3.8) is 0 Å². The van der Waals surface area contributed by atoms with Crippen LogP contribution in [0.15, 0.2) is 24.3 Å². The summed E-state index contributed by atoms with van der Waals surface area (Å²) in [6, 6.07) is 7.45. The molecule has 0 fully saturated rings. The monoisotopic (exact) mass is 254 g/mol. The topological polar surface area (TPSA) is 83.8 Å². The molecular weight excluding hydrogens is 240 g/mol. The van der Waals surface area contributed by atoms with Crippen molar-refractivity contribution in [1.29, 1.82) is 0 Å². The number of carbonyl (C=O) groups is 1. The number of aromatic amines is 1. The van der Waals surface area contributed by atoms with E-state index in [0.717, 1.165) is 11.0 Å². The third kappa shape index (κ3) is 3.44. The van der Waals surface area contributed by atoms with Crippen molar-refractivity contribution in [2.75, 3.05) is 5.32 Å². The fraction of sp³-hybridized carbons (Fsp3) is 0.273. The summed E-state index contributed by atoms with van der Waals surface area (Å²) in [6.07, 6.45) is 0.289. The maximum absolute atomic E-state index is 11.4. The lowest BCUT2D eigenvalue weighted by atomic mass is 10.2. The van der Waals surface area contributed by atoms with Crippen LogP contribution in [-0.4, -0.2) is 21.9 Å². The molecule has 0 aliphatic rings. The lowest BCUT2D eigenvalue weighted by Crippen LogP contribution is -2.24. The molecule has 0 saturated carbocycles. The predicted molar refractivity (Wildman–Crippen MR) is 70.2 cm³/mol. The molecule has 1 atom stereocenters. The van der Waals surface area contributed by atoms with Crippen molar-refractivity contribution < 1.29 is 4.79 Å². The van der Waals surface area contributed by atoms with Crippen LogP contribution in [0.25, 0.3) is 11.0 Å². The van der Waals surface area contributed by atoms with Gasteiger partial charge in [0.25, 0.3) is 0 Å².